The summed E-state index contributed by atoms with van der Waals surface area (Å²) in [7, 11) is -13.8. The van der Waals surface area contributed by atoms with E-state index in [9.17, 15) is 71.1 Å². The quantitative estimate of drug-likeness (QED) is 0.0541. The van der Waals surface area contributed by atoms with E-state index in [2.05, 4.69) is 36.9 Å². The Kier molecular flexibility index (Phi) is 13.8. The van der Waals surface area contributed by atoms with Gasteiger partial charge in [0.2, 0.25) is 15.9 Å². The van der Waals surface area contributed by atoms with Crippen molar-refractivity contribution in [3.05, 3.63) is 93.0 Å². The fraction of sp³-hybridized carbons (Fsp3) is 0.415. The number of nitrogens with zero attached hydrogens (tertiary/aromatic N) is 6. The summed E-state index contributed by atoms with van der Waals surface area (Å²) >= 11 is 6.59. The molecule has 1 fully saturated rings. The second kappa shape index (κ2) is 18.3. The molecule has 3 N–H and O–H groups in total. The first-order chi connectivity index (χ1) is 32.5. The van der Waals surface area contributed by atoms with Gasteiger partial charge in [0, 0.05) is 34.9 Å². The molecule has 2 aliphatic rings. The van der Waals surface area contributed by atoms with E-state index in [0.29, 0.717) is 16.6 Å². The predicted octanol–water partition coefficient (Wildman–Crippen LogP) is 7.17. The third-order valence-corrected chi connectivity index (χ3v) is 15.4. The number of nitrogens with one attached hydrogen (secondary N) is 1. The van der Waals surface area contributed by atoms with Crippen LogP contribution in [0.25, 0.3) is 22.0 Å². The van der Waals surface area contributed by atoms with Crippen LogP contribution in [0, 0.1) is 29.4 Å². The lowest BCUT2D eigenvalue weighted by Gasteiger charge is -2.23. The molecule has 0 aliphatic heterocycles. The third-order valence-electron chi connectivity index (χ3n) is 11.5. The van der Waals surface area contributed by atoms with Crippen LogP contribution in [0.3, 0.4) is 0 Å². The number of fused-ring (bicyclic) bond motifs is 4. The lowest BCUT2D eigenvalue weighted by molar-refractivity contribution is -0.143. The van der Waals surface area contributed by atoms with Crippen LogP contribution in [0.5, 0.6) is 0 Å². The molecule has 7 rings (SSSR count). The van der Waals surface area contributed by atoms with Gasteiger partial charge in [0.05, 0.1) is 47.1 Å². The molecule has 30 heteroatoms. The van der Waals surface area contributed by atoms with Crippen molar-refractivity contribution in [2.24, 2.45) is 5.92 Å². The van der Waals surface area contributed by atoms with Crippen molar-refractivity contribution in [1.82, 2.24) is 29.9 Å². The Hall–Kier alpha value is -5.30. The number of carbonyl (C=O) groups excluding carboxylic acids is 1. The minimum absolute atomic E-state index is 0.181. The number of phosphoric ester groups is 1. The van der Waals surface area contributed by atoms with Crippen molar-refractivity contribution in [3.63, 3.8) is 0 Å². The van der Waals surface area contributed by atoms with Gasteiger partial charge in [-0.2, -0.15) is 45.3 Å². The minimum Gasteiger partial charge on any atom is -0.346 e. The summed E-state index contributed by atoms with van der Waals surface area (Å²) in [5.74, 6) is -5.95. The number of hydrogen-bond donors (Lipinski definition) is 3. The molecule has 16 nitrogen and oxygen atoms in total. The molecule has 384 valence electrons. The van der Waals surface area contributed by atoms with Crippen molar-refractivity contribution in [3.8, 4) is 23.0 Å². The number of sulfonamides is 1. The van der Waals surface area contributed by atoms with Gasteiger partial charge < -0.3 is 15.1 Å². The molecule has 5 aromatic rings. The van der Waals surface area contributed by atoms with Crippen LogP contribution >= 0.6 is 19.4 Å². The number of amides is 1. The second-order valence-corrected chi connectivity index (χ2v) is 23.3. The Balaban J connectivity index is 1.47. The highest BCUT2D eigenvalue weighted by atomic mass is 35.5. The average Bonchev–Trinajstić information content (AvgIpc) is 3.71. The van der Waals surface area contributed by atoms with Gasteiger partial charge >= 0.3 is 20.2 Å². The summed E-state index contributed by atoms with van der Waals surface area (Å²) < 4.78 is 213. The maximum absolute atomic E-state index is 15.6. The first kappa shape index (κ1) is 53.5. The zero-order valence-electron chi connectivity index (χ0n) is 36.9. The van der Waals surface area contributed by atoms with Gasteiger partial charge in [-0.05, 0) is 74.4 Å². The fourth-order valence-corrected chi connectivity index (χ4v) is 9.74. The summed E-state index contributed by atoms with van der Waals surface area (Å²) in [5, 5.41) is 8.72. The number of benzene rings is 2. The third kappa shape index (κ3) is 11.3. The lowest BCUT2D eigenvalue weighted by atomic mass is 9.93. The highest BCUT2D eigenvalue weighted by molar-refractivity contribution is 7.92. The van der Waals surface area contributed by atoms with Crippen LogP contribution in [0.15, 0.2) is 42.5 Å². The molecule has 3 heterocycles. The molecular weight excluding hydrogens is 1060 g/mol. The number of pyridine rings is 1. The molecule has 71 heavy (non-hydrogen) atoms. The number of halogens is 11. The zero-order chi connectivity index (χ0) is 52.8. The molecule has 2 aliphatic carbocycles. The Labute approximate surface area is 401 Å². The molecule has 0 saturated heterocycles. The Bertz CT molecular complexity index is 3310. The van der Waals surface area contributed by atoms with E-state index in [1.807, 2.05) is 0 Å². The van der Waals surface area contributed by atoms with E-state index in [-0.39, 0.29) is 38.2 Å². The van der Waals surface area contributed by atoms with E-state index >= 15 is 8.78 Å². The molecule has 0 spiro atoms. The summed E-state index contributed by atoms with van der Waals surface area (Å²) in [6.45, 7) is -2.81. The van der Waals surface area contributed by atoms with Gasteiger partial charge in [0.15, 0.2) is 21.3 Å². The number of alkyl halides is 8. The van der Waals surface area contributed by atoms with Gasteiger partial charge in [0.25, 0.3) is 5.92 Å². The number of phosphoric acid groups is 1. The van der Waals surface area contributed by atoms with E-state index in [1.54, 1.807) is 0 Å². The second-order valence-electron chi connectivity index (χ2n) is 17.2. The van der Waals surface area contributed by atoms with Gasteiger partial charge in [0.1, 0.15) is 40.9 Å². The Morgan fingerprint density at radius 2 is 1.63 bits per heavy atom. The molecule has 1 saturated carbocycles. The number of anilines is 1. The zero-order valence-corrected chi connectivity index (χ0v) is 40.2. The summed E-state index contributed by atoms with van der Waals surface area (Å²) in [6, 6.07) is 4.71. The smallest absolute Gasteiger partial charge is 0.346 e. The Morgan fingerprint density at radius 1 is 1.00 bits per heavy atom. The predicted molar refractivity (Wildman–Crippen MR) is 233 cm³/mol. The monoisotopic (exact) mass is 1090 g/mol. The van der Waals surface area contributed by atoms with E-state index in [1.165, 1.54) is 13.8 Å². The van der Waals surface area contributed by atoms with Crippen molar-refractivity contribution in [2.75, 3.05) is 30.0 Å². The number of sulfone groups is 1. The van der Waals surface area contributed by atoms with Crippen molar-refractivity contribution < 1.29 is 84.4 Å². The van der Waals surface area contributed by atoms with Crippen molar-refractivity contribution in [1.29, 1.82) is 0 Å². The van der Waals surface area contributed by atoms with Crippen LogP contribution in [-0.2, 0) is 65.4 Å². The van der Waals surface area contributed by atoms with Gasteiger partial charge in [-0.25, -0.2) is 39.5 Å². The van der Waals surface area contributed by atoms with E-state index < -0.39 is 163 Å². The van der Waals surface area contributed by atoms with Crippen LogP contribution in [0.4, 0.5) is 49.7 Å². The SMILES string of the molecule is CC(C)(C#Cc1ccc(-c2ccc(Cl)c3c(N(CCOP(=O)(O)O)S(C)(=O)=O)nn(CC(F)(F)F)c23)c([C@H](Cc2cc(F)cc(F)c2)NC(=O)Cn2nc(C(F)(F)F)c3c2C(F)(F)[C@@H]2C[C@H]32)n1)S(C)(=O)=O. The van der Waals surface area contributed by atoms with Crippen molar-refractivity contribution >= 4 is 61.9 Å². The van der Waals surface area contributed by atoms with Crippen LogP contribution in [0.2, 0.25) is 5.02 Å². The molecule has 0 unspecified atom stereocenters. The van der Waals surface area contributed by atoms with Crippen molar-refractivity contribution in [2.45, 2.75) is 74.8 Å². The highest BCUT2D eigenvalue weighted by Crippen LogP contribution is 2.68. The Morgan fingerprint density at radius 3 is 2.21 bits per heavy atom. The summed E-state index contributed by atoms with van der Waals surface area (Å²) in [4.78, 5) is 37.1. The topological polar surface area (TPSA) is 216 Å². The number of carbonyl (C=O) groups is 1. The molecule has 0 radical (unpaired) electrons. The van der Waals surface area contributed by atoms with Crippen LogP contribution in [0.1, 0.15) is 66.1 Å². The standard InChI is InChI=1S/C41H37ClF10N7O9PS2/c1-38(2,70(3,64)65)10-9-23-5-6-24(25-7-8-28(42)32-34(25)58(19-39(45,46)47)56-37(32)59(71(4,66)67)11-12-68-69(61,62)63)33(53-23)29(15-20-13-21(43)16-22(44)14-20)54-30(60)18-57-36-31(35(55-57)41(50,51)52)26-17-27(26)40(36,48)49/h5-8,13-14,16,26-27,29H,11-12,15,17-19H2,1-4H3,(H,54,60)(H2,61,62,63)/t26-,27+,29-/m0/s1. The number of hydrogen-bond acceptors (Lipinski definition) is 10. The van der Waals surface area contributed by atoms with Gasteiger partial charge in [-0.3, -0.25) is 18.7 Å². The summed E-state index contributed by atoms with van der Waals surface area (Å²) in [5.41, 5.74) is -5.90. The van der Waals surface area contributed by atoms with Gasteiger partial charge in [-0.15, -0.1) is 0 Å². The highest BCUT2D eigenvalue weighted by Gasteiger charge is 2.68. The molecule has 2 aromatic carbocycles. The number of rotatable bonds is 15. The van der Waals surface area contributed by atoms with Gasteiger partial charge in [-0.1, -0.05) is 23.6 Å². The average molecular weight is 1090 g/mol. The molecule has 1 amide bonds. The largest absolute Gasteiger partial charge is 0.469 e. The minimum atomic E-state index is -5.24. The molecule has 0 bridgehead atoms. The maximum Gasteiger partial charge on any atom is 0.469 e. The van der Waals surface area contributed by atoms with Crippen LogP contribution < -0.4 is 9.62 Å². The fourth-order valence-electron chi connectivity index (χ4n) is 8.10. The molecular formula is C41H37ClF10N7O9PS2. The summed E-state index contributed by atoms with van der Waals surface area (Å²) in [6.07, 6.45) is -9.90. The maximum atomic E-state index is 15.6. The van der Waals surface area contributed by atoms with E-state index in [0.717, 1.165) is 42.7 Å². The van der Waals surface area contributed by atoms with E-state index in [4.69, 9.17) is 11.6 Å². The first-order valence-electron chi connectivity index (χ1n) is 20.4. The molecule has 3 aromatic heterocycles. The normalized spacial score (nSPS) is 17.4. The van der Waals surface area contributed by atoms with Crippen LogP contribution in [-0.4, -0.2) is 93.7 Å². The molecule has 3 atom stereocenters. The number of aromatic nitrogens is 5. The first-order valence-corrected chi connectivity index (χ1v) is 26.1. The lowest BCUT2D eigenvalue weighted by Crippen LogP contribution is -2.35.